The topological polar surface area (TPSA) is 38.3 Å². The summed E-state index contributed by atoms with van der Waals surface area (Å²) in [4.78, 5) is 12.1. The molecule has 0 radical (unpaired) electrons. The largest absolute Gasteiger partial charge is 0.497 e. The molecule has 0 aliphatic heterocycles. The standard InChI is InChI=1S/C22H27NO2/c1-16(2)14-19-8-11-20(12-9-19)17(3)23-22(24)13-10-18-6-5-7-21(15-18)25-4/h5-13,15-17H,14H2,1-4H3,(H,23,24)/b13-10+/t17-/m1/s1. The van der Waals surface area contributed by atoms with Gasteiger partial charge in [-0.15, -0.1) is 0 Å². The van der Waals surface area contributed by atoms with Crippen molar-refractivity contribution in [1.29, 1.82) is 0 Å². The Hall–Kier alpha value is -2.55. The summed E-state index contributed by atoms with van der Waals surface area (Å²) in [5, 5.41) is 3.00. The minimum absolute atomic E-state index is 0.0319. The Morgan fingerprint density at radius 2 is 1.84 bits per heavy atom. The SMILES string of the molecule is COc1cccc(/C=C/C(=O)N[C@H](C)c2ccc(CC(C)C)cc2)c1. The molecule has 2 aromatic rings. The van der Waals surface area contributed by atoms with Crippen LogP contribution in [0, 0.1) is 5.92 Å². The first-order valence-electron chi connectivity index (χ1n) is 8.69. The maximum Gasteiger partial charge on any atom is 0.244 e. The Bertz CT molecular complexity index is 717. The van der Waals surface area contributed by atoms with Gasteiger partial charge in [0.15, 0.2) is 0 Å². The zero-order valence-electron chi connectivity index (χ0n) is 15.5. The molecule has 3 heteroatoms. The van der Waals surface area contributed by atoms with E-state index >= 15 is 0 Å². The van der Waals surface area contributed by atoms with Gasteiger partial charge in [0, 0.05) is 6.08 Å². The maximum atomic E-state index is 12.1. The van der Waals surface area contributed by atoms with Crippen molar-refractivity contribution in [3.8, 4) is 5.75 Å². The number of rotatable bonds is 7. The summed E-state index contributed by atoms with van der Waals surface area (Å²) < 4.78 is 5.18. The molecule has 1 N–H and O–H groups in total. The van der Waals surface area contributed by atoms with E-state index in [1.807, 2.05) is 31.2 Å². The Morgan fingerprint density at radius 3 is 2.48 bits per heavy atom. The van der Waals surface area contributed by atoms with Crippen molar-refractivity contribution in [1.82, 2.24) is 5.32 Å². The predicted octanol–water partition coefficient (Wildman–Crippen LogP) is 4.78. The van der Waals surface area contributed by atoms with Gasteiger partial charge in [0.25, 0.3) is 0 Å². The lowest BCUT2D eigenvalue weighted by molar-refractivity contribution is -0.117. The number of carbonyl (C=O) groups excluding carboxylic acids is 1. The first-order valence-corrected chi connectivity index (χ1v) is 8.69. The zero-order chi connectivity index (χ0) is 18.2. The van der Waals surface area contributed by atoms with Crippen molar-refractivity contribution in [2.24, 2.45) is 5.92 Å². The van der Waals surface area contributed by atoms with Crippen LogP contribution in [0.25, 0.3) is 6.08 Å². The molecule has 1 amide bonds. The van der Waals surface area contributed by atoms with Crippen molar-refractivity contribution in [3.63, 3.8) is 0 Å². The molecule has 1 atom stereocenters. The van der Waals surface area contributed by atoms with Gasteiger partial charge in [-0.2, -0.15) is 0 Å². The number of benzene rings is 2. The second-order valence-corrected chi connectivity index (χ2v) is 6.68. The Morgan fingerprint density at radius 1 is 1.12 bits per heavy atom. The number of hydrogen-bond donors (Lipinski definition) is 1. The molecule has 0 saturated carbocycles. The molecular formula is C22H27NO2. The first kappa shape index (κ1) is 18.8. The molecule has 25 heavy (non-hydrogen) atoms. The van der Waals surface area contributed by atoms with Gasteiger partial charge in [-0.05, 0) is 54.2 Å². The van der Waals surface area contributed by atoms with E-state index in [2.05, 4.69) is 43.4 Å². The third kappa shape index (κ3) is 6.11. The number of amides is 1. The Kier molecular flexibility index (Phi) is 6.81. The second kappa shape index (κ2) is 9.07. The molecule has 0 aromatic heterocycles. The predicted molar refractivity (Wildman–Crippen MR) is 104 cm³/mol. The molecule has 0 unspecified atom stereocenters. The highest BCUT2D eigenvalue weighted by Gasteiger charge is 2.08. The van der Waals surface area contributed by atoms with Crippen LogP contribution in [0.5, 0.6) is 5.75 Å². The lowest BCUT2D eigenvalue weighted by Crippen LogP contribution is -2.24. The normalized spacial score (nSPS) is 12.4. The summed E-state index contributed by atoms with van der Waals surface area (Å²) in [6, 6.07) is 16.0. The fourth-order valence-electron chi connectivity index (χ4n) is 2.68. The van der Waals surface area contributed by atoms with E-state index in [9.17, 15) is 4.79 Å². The average molecular weight is 337 g/mol. The van der Waals surface area contributed by atoms with Crippen molar-refractivity contribution in [3.05, 3.63) is 71.3 Å². The summed E-state index contributed by atoms with van der Waals surface area (Å²) in [6.07, 6.45) is 4.42. The molecule has 2 rings (SSSR count). The van der Waals surface area contributed by atoms with Gasteiger partial charge < -0.3 is 10.1 Å². The average Bonchev–Trinajstić information content (AvgIpc) is 2.60. The third-order valence-electron chi connectivity index (χ3n) is 4.00. The summed E-state index contributed by atoms with van der Waals surface area (Å²) in [5.41, 5.74) is 3.37. The lowest BCUT2D eigenvalue weighted by Gasteiger charge is -2.14. The van der Waals surface area contributed by atoms with E-state index in [-0.39, 0.29) is 11.9 Å². The van der Waals surface area contributed by atoms with Crippen LogP contribution in [-0.2, 0) is 11.2 Å². The van der Waals surface area contributed by atoms with Crippen molar-refractivity contribution in [2.75, 3.05) is 7.11 Å². The van der Waals surface area contributed by atoms with Crippen LogP contribution in [0.2, 0.25) is 0 Å². The molecule has 132 valence electrons. The molecule has 0 saturated heterocycles. The number of nitrogens with one attached hydrogen (secondary N) is 1. The zero-order valence-corrected chi connectivity index (χ0v) is 15.5. The number of hydrogen-bond acceptors (Lipinski definition) is 2. The van der Waals surface area contributed by atoms with Gasteiger partial charge in [-0.3, -0.25) is 4.79 Å². The van der Waals surface area contributed by atoms with Crippen molar-refractivity contribution in [2.45, 2.75) is 33.2 Å². The Labute approximate surface area is 150 Å². The van der Waals surface area contributed by atoms with Crippen molar-refractivity contribution < 1.29 is 9.53 Å². The molecule has 3 nitrogen and oxygen atoms in total. The summed E-state index contributed by atoms with van der Waals surface area (Å²) >= 11 is 0. The van der Waals surface area contributed by atoms with Gasteiger partial charge in [-0.1, -0.05) is 50.2 Å². The van der Waals surface area contributed by atoms with Crippen LogP contribution < -0.4 is 10.1 Å². The van der Waals surface area contributed by atoms with E-state index in [1.165, 1.54) is 5.56 Å². The maximum absolute atomic E-state index is 12.1. The number of carbonyl (C=O) groups is 1. The van der Waals surface area contributed by atoms with Gasteiger partial charge >= 0.3 is 0 Å². The highest BCUT2D eigenvalue weighted by Crippen LogP contribution is 2.16. The van der Waals surface area contributed by atoms with E-state index in [0.29, 0.717) is 5.92 Å². The molecule has 0 aliphatic rings. The minimum atomic E-state index is -0.110. The molecule has 0 bridgehead atoms. The third-order valence-corrected chi connectivity index (χ3v) is 4.00. The van der Waals surface area contributed by atoms with Crippen LogP contribution in [-0.4, -0.2) is 13.0 Å². The highest BCUT2D eigenvalue weighted by molar-refractivity contribution is 5.92. The van der Waals surface area contributed by atoms with Gasteiger partial charge in [-0.25, -0.2) is 0 Å². The van der Waals surface area contributed by atoms with Crippen LogP contribution >= 0.6 is 0 Å². The molecule has 0 spiro atoms. The van der Waals surface area contributed by atoms with E-state index in [1.54, 1.807) is 19.3 Å². The molecule has 0 fully saturated rings. The summed E-state index contributed by atoms with van der Waals surface area (Å²) in [5.74, 6) is 1.31. The fraction of sp³-hybridized carbons (Fsp3) is 0.318. The van der Waals surface area contributed by atoms with E-state index in [0.717, 1.165) is 23.3 Å². The summed E-state index contributed by atoms with van der Waals surface area (Å²) in [6.45, 7) is 6.42. The summed E-state index contributed by atoms with van der Waals surface area (Å²) in [7, 11) is 1.63. The smallest absolute Gasteiger partial charge is 0.244 e. The van der Waals surface area contributed by atoms with Crippen LogP contribution in [0.3, 0.4) is 0 Å². The lowest BCUT2D eigenvalue weighted by atomic mass is 10.00. The van der Waals surface area contributed by atoms with E-state index < -0.39 is 0 Å². The van der Waals surface area contributed by atoms with Crippen LogP contribution in [0.4, 0.5) is 0 Å². The molecule has 0 aliphatic carbocycles. The quantitative estimate of drug-likeness (QED) is 0.738. The number of ether oxygens (including phenoxy) is 1. The van der Waals surface area contributed by atoms with Gasteiger partial charge in [0.2, 0.25) is 5.91 Å². The second-order valence-electron chi connectivity index (χ2n) is 6.68. The minimum Gasteiger partial charge on any atom is -0.497 e. The Balaban J connectivity index is 1.93. The molecule has 0 heterocycles. The first-order chi connectivity index (χ1) is 12.0. The van der Waals surface area contributed by atoms with Crippen LogP contribution in [0.15, 0.2) is 54.6 Å². The van der Waals surface area contributed by atoms with Crippen molar-refractivity contribution >= 4 is 12.0 Å². The fourth-order valence-corrected chi connectivity index (χ4v) is 2.68. The number of methoxy groups -OCH3 is 1. The molecular weight excluding hydrogens is 310 g/mol. The molecule has 2 aromatic carbocycles. The highest BCUT2D eigenvalue weighted by atomic mass is 16.5. The monoisotopic (exact) mass is 337 g/mol. The van der Waals surface area contributed by atoms with Gasteiger partial charge in [0.05, 0.1) is 13.2 Å². The van der Waals surface area contributed by atoms with E-state index in [4.69, 9.17) is 4.74 Å². The van der Waals surface area contributed by atoms with Gasteiger partial charge in [0.1, 0.15) is 5.75 Å². The van der Waals surface area contributed by atoms with Crippen LogP contribution in [0.1, 0.15) is 43.5 Å².